The summed E-state index contributed by atoms with van der Waals surface area (Å²) in [5, 5.41) is 0.502. The summed E-state index contributed by atoms with van der Waals surface area (Å²) in [6, 6.07) is 3.82. The molecule has 0 spiro atoms. The summed E-state index contributed by atoms with van der Waals surface area (Å²) in [6.45, 7) is 0.553. The minimum atomic E-state index is 0.270. The van der Waals surface area contributed by atoms with Crippen molar-refractivity contribution in [1.29, 1.82) is 0 Å². The molecule has 4 fully saturated rings. The number of nitrogens with zero attached hydrogens (tertiary/aromatic N) is 2. The summed E-state index contributed by atoms with van der Waals surface area (Å²) >= 11 is 6.12. The number of halogens is 1. The van der Waals surface area contributed by atoms with Gasteiger partial charge in [-0.1, -0.05) is 17.7 Å². The Balaban J connectivity index is 1.42. The van der Waals surface area contributed by atoms with E-state index in [1.54, 1.807) is 6.20 Å². The fourth-order valence-corrected chi connectivity index (χ4v) is 6.02. The number of amides is 1. The monoisotopic (exact) mass is 332 g/mol. The number of carbonyl (C=O) groups excluding carboxylic acids is 1. The van der Waals surface area contributed by atoms with Crippen molar-refractivity contribution in [3.05, 3.63) is 29.0 Å². The molecule has 0 N–H and O–H groups in total. The Morgan fingerprint density at radius 1 is 1.26 bits per heavy atom. The number of pyridine rings is 1. The third-order valence-corrected chi connectivity index (χ3v) is 6.70. The topological polar surface area (TPSA) is 33.2 Å². The van der Waals surface area contributed by atoms with Gasteiger partial charge < -0.3 is 4.90 Å². The lowest BCUT2D eigenvalue weighted by Gasteiger charge is -2.56. The second-order valence-corrected chi connectivity index (χ2v) is 8.66. The second-order valence-electron chi connectivity index (χ2n) is 8.30. The Hall–Kier alpha value is -1.09. The van der Waals surface area contributed by atoms with Crippen LogP contribution in [0.3, 0.4) is 0 Å². The van der Waals surface area contributed by atoms with Gasteiger partial charge in [-0.25, -0.2) is 4.98 Å². The lowest BCUT2D eigenvalue weighted by atomic mass is 9.49. The highest BCUT2D eigenvalue weighted by Gasteiger charge is 2.51. The van der Waals surface area contributed by atoms with Crippen molar-refractivity contribution in [2.45, 2.75) is 51.5 Å². The molecule has 0 aliphatic heterocycles. The van der Waals surface area contributed by atoms with Crippen molar-refractivity contribution in [2.24, 2.45) is 23.2 Å². The number of rotatable bonds is 4. The first-order chi connectivity index (χ1) is 11.0. The van der Waals surface area contributed by atoms with Gasteiger partial charge in [-0.05, 0) is 67.8 Å². The third kappa shape index (κ3) is 3.00. The minimum absolute atomic E-state index is 0.270. The maximum atomic E-state index is 12.8. The summed E-state index contributed by atoms with van der Waals surface area (Å²) in [6.07, 6.45) is 10.5. The molecule has 0 radical (unpaired) electrons. The van der Waals surface area contributed by atoms with Crippen LogP contribution in [0, 0.1) is 23.2 Å². The normalized spacial score (nSPS) is 34.6. The molecule has 4 bridgehead atoms. The van der Waals surface area contributed by atoms with Gasteiger partial charge in [0, 0.05) is 31.8 Å². The van der Waals surface area contributed by atoms with E-state index < -0.39 is 0 Å². The zero-order chi connectivity index (χ0) is 16.0. The number of hydrogen-bond acceptors (Lipinski definition) is 2. The molecule has 1 amide bonds. The summed E-state index contributed by atoms with van der Waals surface area (Å²) in [5.41, 5.74) is 1.23. The van der Waals surface area contributed by atoms with Crippen LogP contribution in [-0.4, -0.2) is 22.8 Å². The highest BCUT2D eigenvalue weighted by Crippen LogP contribution is 2.61. The molecule has 0 unspecified atom stereocenters. The van der Waals surface area contributed by atoms with E-state index in [1.165, 1.54) is 38.5 Å². The van der Waals surface area contributed by atoms with Gasteiger partial charge in [0.1, 0.15) is 5.15 Å². The largest absolute Gasteiger partial charge is 0.341 e. The van der Waals surface area contributed by atoms with Crippen molar-refractivity contribution >= 4 is 17.5 Å². The van der Waals surface area contributed by atoms with Crippen molar-refractivity contribution in [1.82, 2.24) is 9.88 Å². The average molecular weight is 333 g/mol. The molecule has 0 atom stereocenters. The first-order valence-electron chi connectivity index (χ1n) is 8.86. The molecule has 1 heterocycles. The zero-order valence-corrected chi connectivity index (χ0v) is 14.6. The molecule has 124 valence electrons. The number of hydrogen-bond donors (Lipinski definition) is 0. The van der Waals surface area contributed by atoms with E-state index >= 15 is 0 Å². The Bertz CT molecular complexity index is 580. The van der Waals surface area contributed by atoms with Crippen LogP contribution >= 0.6 is 11.6 Å². The van der Waals surface area contributed by atoms with Crippen molar-refractivity contribution in [3.63, 3.8) is 0 Å². The van der Waals surface area contributed by atoms with Gasteiger partial charge in [0.2, 0.25) is 5.91 Å². The van der Waals surface area contributed by atoms with Crippen LogP contribution < -0.4 is 0 Å². The molecule has 3 nitrogen and oxygen atoms in total. The standard InChI is InChI=1S/C19H25ClN2O/c1-22(12-16-3-2-4-21-18(16)20)17(23)11-19-8-13-5-14(9-19)7-15(6-13)10-19/h2-4,13-15H,5-12H2,1H3. The van der Waals surface area contributed by atoms with Crippen LogP contribution in [0.15, 0.2) is 18.3 Å². The van der Waals surface area contributed by atoms with Crippen molar-refractivity contribution < 1.29 is 4.79 Å². The summed E-state index contributed by atoms with van der Waals surface area (Å²) in [5.74, 6) is 2.96. The van der Waals surface area contributed by atoms with E-state index in [-0.39, 0.29) is 5.91 Å². The van der Waals surface area contributed by atoms with Crippen LogP contribution in [0.5, 0.6) is 0 Å². The van der Waals surface area contributed by atoms with Gasteiger partial charge in [-0.2, -0.15) is 0 Å². The molecule has 4 saturated carbocycles. The van der Waals surface area contributed by atoms with E-state index in [2.05, 4.69) is 4.98 Å². The molecular formula is C19H25ClN2O. The van der Waals surface area contributed by atoms with Crippen LogP contribution in [0.1, 0.15) is 50.5 Å². The Kier molecular flexibility index (Phi) is 3.87. The lowest BCUT2D eigenvalue weighted by Crippen LogP contribution is -2.48. The SMILES string of the molecule is CN(Cc1cccnc1Cl)C(=O)CC12CC3CC(CC(C3)C1)C2. The first-order valence-corrected chi connectivity index (χ1v) is 9.24. The predicted octanol–water partition coefficient (Wildman–Crippen LogP) is 4.30. The van der Waals surface area contributed by atoms with Gasteiger partial charge in [-0.3, -0.25) is 4.79 Å². The van der Waals surface area contributed by atoms with E-state index in [0.717, 1.165) is 29.7 Å². The Morgan fingerprint density at radius 3 is 2.43 bits per heavy atom. The summed E-state index contributed by atoms with van der Waals surface area (Å²) in [7, 11) is 1.90. The van der Waals surface area contributed by atoms with Crippen molar-refractivity contribution in [2.75, 3.05) is 7.05 Å². The highest BCUT2D eigenvalue weighted by atomic mass is 35.5. The number of aromatic nitrogens is 1. The Morgan fingerprint density at radius 2 is 1.87 bits per heavy atom. The van der Waals surface area contributed by atoms with E-state index in [0.29, 0.717) is 17.1 Å². The summed E-state index contributed by atoms with van der Waals surface area (Å²) in [4.78, 5) is 18.7. The fourth-order valence-electron chi connectivity index (χ4n) is 5.84. The van der Waals surface area contributed by atoms with E-state index in [4.69, 9.17) is 11.6 Å². The fraction of sp³-hybridized carbons (Fsp3) is 0.684. The van der Waals surface area contributed by atoms with Crippen LogP contribution in [0.25, 0.3) is 0 Å². The van der Waals surface area contributed by atoms with Crippen molar-refractivity contribution in [3.8, 4) is 0 Å². The molecule has 1 aromatic rings. The molecule has 5 rings (SSSR count). The first kappa shape index (κ1) is 15.4. The van der Waals surface area contributed by atoms with E-state index in [9.17, 15) is 4.79 Å². The maximum absolute atomic E-state index is 12.8. The molecule has 1 aromatic heterocycles. The van der Waals surface area contributed by atoms with Crippen LogP contribution in [0.2, 0.25) is 5.15 Å². The lowest BCUT2D eigenvalue weighted by molar-refractivity contribution is -0.138. The molecular weight excluding hydrogens is 308 g/mol. The van der Waals surface area contributed by atoms with Gasteiger partial charge in [0.05, 0.1) is 0 Å². The van der Waals surface area contributed by atoms with Crippen LogP contribution in [0.4, 0.5) is 0 Å². The minimum Gasteiger partial charge on any atom is -0.341 e. The van der Waals surface area contributed by atoms with Gasteiger partial charge in [0.25, 0.3) is 0 Å². The zero-order valence-electron chi connectivity index (χ0n) is 13.8. The molecule has 0 saturated heterocycles. The maximum Gasteiger partial charge on any atom is 0.223 e. The Labute approximate surface area is 143 Å². The molecule has 23 heavy (non-hydrogen) atoms. The molecule has 4 aliphatic carbocycles. The molecule has 4 heteroatoms. The van der Waals surface area contributed by atoms with Gasteiger partial charge >= 0.3 is 0 Å². The van der Waals surface area contributed by atoms with Gasteiger partial charge in [0.15, 0.2) is 0 Å². The van der Waals surface area contributed by atoms with Gasteiger partial charge in [-0.15, -0.1) is 0 Å². The molecule has 4 aliphatic rings. The quantitative estimate of drug-likeness (QED) is 0.770. The number of carbonyl (C=O) groups is 1. The highest BCUT2D eigenvalue weighted by molar-refractivity contribution is 6.30. The second kappa shape index (κ2) is 5.77. The average Bonchev–Trinajstić information content (AvgIpc) is 2.47. The predicted molar refractivity (Wildman–Crippen MR) is 90.9 cm³/mol. The smallest absolute Gasteiger partial charge is 0.223 e. The van der Waals surface area contributed by atoms with E-state index in [1.807, 2.05) is 24.1 Å². The third-order valence-electron chi connectivity index (χ3n) is 6.36. The van der Waals surface area contributed by atoms with Crippen LogP contribution in [-0.2, 0) is 11.3 Å². The summed E-state index contributed by atoms with van der Waals surface area (Å²) < 4.78 is 0. The molecule has 0 aromatic carbocycles.